The van der Waals surface area contributed by atoms with Crippen LogP contribution in [0.2, 0.25) is 5.15 Å². The molecule has 6 nitrogen and oxygen atoms in total. The van der Waals surface area contributed by atoms with Crippen LogP contribution in [0.25, 0.3) is 0 Å². The number of amides is 1. The van der Waals surface area contributed by atoms with Gasteiger partial charge in [0.2, 0.25) is 5.91 Å². The lowest BCUT2D eigenvalue weighted by Crippen LogP contribution is -2.47. The molecule has 1 aromatic heterocycles. The molecule has 0 bridgehead atoms. The Morgan fingerprint density at radius 2 is 2.10 bits per heavy atom. The van der Waals surface area contributed by atoms with E-state index in [4.69, 9.17) is 16.3 Å². The standard InChI is InChI=1S/C13H21ClN4O2/c1-8(12(19)18-13(2,3)4)15-10-6-9(14)16-11(17-10)7-20-5/h6,8H,7H2,1-5H3,(H,18,19)(H,15,16,17). The number of carbonyl (C=O) groups is 1. The number of anilines is 1. The second kappa shape index (κ2) is 6.85. The quantitative estimate of drug-likeness (QED) is 0.813. The number of ether oxygens (including phenoxy) is 1. The van der Waals surface area contributed by atoms with Crippen LogP contribution in [0, 0.1) is 0 Å². The minimum atomic E-state index is -0.435. The molecule has 0 radical (unpaired) electrons. The zero-order valence-corrected chi connectivity index (χ0v) is 13.2. The highest BCUT2D eigenvalue weighted by Crippen LogP contribution is 2.13. The smallest absolute Gasteiger partial charge is 0.242 e. The van der Waals surface area contributed by atoms with Gasteiger partial charge in [0.05, 0.1) is 0 Å². The molecule has 0 aliphatic carbocycles. The van der Waals surface area contributed by atoms with Crippen LogP contribution < -0.4 is 10.6 Å². The van der Waals surface area contributed by atoms with Gasteiger partial charge in [0.1, 0.15) is 23.6 Å². The van der Waals surface area contributed by atoms with Crippen LogP contribution in [-0.2, 0) is 16.1 Å². The van der Waals surface area contributed by atoms with E-state index in [1.54, 1.807) is 20.1 Å². The highest BCUT2D eigenvalue weighted by Gasteiger charge is 2.19. The van der Waals surface area contributed by atoms with Gasteiger partial charge in [-0.1, -0.05) is 11.6 Å². The summed E-state index contributed by atoms with van der Waals surface area (Å²) in [6.07, 6.45) is 0. The molecule has 7 heteroatoms. The molecule has 1 heterocycles. The number of carbonyl (C=O) groups excluding carboxylic acids is 1. The highest BCUT2D eigenvalue weighted by atomic mass is 35.5. The third-order valence-electron chi connectivity index (χ3n) is 2.27. The average molecular weight is 301 g/mol. The van der Waals surface area contributed by atoms with Crippen molar-refractivity contribution in [3.8, 4) is 0 Å². The molecule has 0 saturated heterocycles. The summed E-state index contributed by atoms with van der Waals surface area (Å²) >= 11 is 5.91. The summed E-state index contributed by atoms with van der Waals surface area (Å²) in [5.41, 5.74) is -0.280. The van der Waals surface area contributed by atoms with Crippen molar-refractivity contribution in [1.29, 1.82) is 0 Å². The maximum atomic E-state index is 12.0. The third kappa shape index (κ3) is 5.71. The molecular weight excluding hydrogens is 280 g/mol. The molecule has 0 aliphatic rings. The van der Waals surface area contributed by atoms with Crippen molar-refractivity contribution in [3.05, 3.63) is 17.0 Å². The Labute approximate surface area is 124 Å². The SMILES string of the molecule is COCc1nc(Cl)cc(NC(C)C(=O)NC(C)(C)C)n1. The summed E-state index contributed by atoms with van der Waals surface area (Å²) in [6, 6.07) is 1.14. The number of hydrogen-bond acceptors (Lipinski definition) is 5. The van der Waals surface area contributed by atoms with Gasteiger partial charge in [-0.25, -0.2) is 9.97 Å². The molecule has 0 fully saturated rings. The van der Waals surface area contributed by atoms with E-state index in [0.29, 0.717) is 16.8 Å². The van der Waals surface area contributed by atoms with E-state index >= 15 is 0 Å². The third-order valence-corrected chi connectivity index (χ3v) is 2.46. The molecule has 1 rings (SSSR count). The van der Waals surface area contributed by atoms with Gasteiger partial charge in [0.25, 0.3) is 0 Å². The van der Waals surface area contributed by atoms with E-state index < -0.39 is 6.04 Å². The van der Waals surface area contributed by atoms with Crippen molar-refractivity contribution in [1.82, 2.24) is 15.3 Å². The molecular formula is C13H21ClN4O2. The van der Waals surface area contributed by atoms with Crippen LogP contribution in [0.5, 0.6) is 0 Å². The summed E-state index contributed by atoms with van der Waals surface area (Å²) in [7, 11) is 1.55. The van der Waals surface area contributed by atoms with E-state index in [2.05, 4.69) is 20.6 Å². The number of nitrogens with one attached hydrogen (secondary N) is 2. The Kier molecular flexibility index (Phi) is 5.71. The monoisotopic (exact) mass is 300 g/mol. The fourth-order valence-electron chi connectivity index (χ4n) is 1.50. The first-order valence-corrected chi connectivity index (χ1v) is 6.70. The lowest BCUT2D eigenvalue weighted by atomic mass is 10.1. The molecule has 0 aromatic carbocycles. The Bertz CT molecular complexity index is 474. The lowest BCUT2D eigenvalue weighted by Gasteiger charge is -2.24. The van der Waals surface area contributed by atoms with E-state index in [0.717, 1.165) is 0 Å². The number of halogens is 1. The van der Waals surface area contributed by atoms with Gasteiger partial charge < -0.3 is 15.4 Å². The van der Waals surface area contributed by atoms with Crippen LogP contribution in [0.4, 0.5) is 5.82 Å². The summed E-state index contributed by atoms with van der Waals surface area (Å²) in [4.78, 5) is 20.2. The number of methoxy groups -OCH3 is 1. The topological polar surface area (TPSA) is 76.1 Å². The molecule has 0 saturated carbocycles. The van der Waals surface area contributed by atoms with E-state index in [1.165, 1.54) is 0 Å². The molecule has 1 unspecified atom stereocenters. The fraction of sp³-hybridized carbons (Fsp3) is 0.615. The summed E-state index contributed by atoms with van der Waals surface area (Å²) in [5, 5.41) is 6.20. The van der Waals surface area contributed by atoms with Gasteiger partial charge in [-0.15, -0.1) is 0 Å². The average Bonchev–Trinajstić information content (AvgIpc) is 2.26. The van der Waals surface area contributed by atoms with E-state index in [9.17, 15) is 4.79 Å². The fourth-order valence-corrected chi connectivity index (χ4v) is 1.70. The molecule has 1 atom stereocenters. The van der Waals surface area contributed by atoms with Crippen molar-refractivity contribution < 1.29 is 9.53 Å². The Morgan fingerprint density at radius 3 is 2.65 bits per heavy atom. The summed E-state index contributed by atoms with van der Waals surface area (Å²) in [6.45, 7) is 7.80. The molecule has 0 aliphatic heterocycles. The Morgan fingerprint density at radius 1 is 1.45 bits per heavy atom. The molecule has 2 N–H and O–H groups in total. The molecule has 112 valence electrons. The minimum absolute atomic E-state index is 0.111. The first kappa shape index (κ1) is 16.7. The van der Waals surface area contributed by atoms with Gasteiger partial charge in [-0.3, -0.25) is 4.79 Å². The highest BCUT2D eigenvalue weighted by molar-refractivity contribution is 6.29. The first-order valence-electron chi connectivity index (χ1n) is 6.32. The minimum Gasteiger partial charge on any atom is -0.377 e. The predicted molar refractivity (Wildman–Crippen MR) is 78.7 cm³/mol. The zero-order chi connectivity index (χ0) is 15.3. The number of aromatic nitrogens is 2. The van der Waals surface area contributed by atoms with E-state index in [-0.39, 0.29) is 18.1 Å². The Balaban J connectivity index is 2.74. The van der Waals surface area contributed by atoms with Gasteiger partial charge in [-0.05, 0) is 27.7 Å². The normalized spacial score (nSPS) is 12.9. The molecule has 1 aromatic rings. The van der Waals surface area contributed by atoms with Crippen molar-refractivity contribution in [3.63, 3.8) is 0 Å². The molecule has 20 heavy (non-hydrogen) atoms. The van der Waals surface area contributed by atoms with E-state index in [1.807, 2.05) is 20.8 Å². The van der Waals surface area contributed by atoms with Crippen molar-refractivity contribution >= 4 is 23.3 Å². The van der Waals surface area contributed by atoms with Crippen LogP contribution in [0.3, 0.4) is 0 Å². The largest absolute Gasteiger partial charge is 0.377 e. The van der Waals surface area contributed by atoms with Crippen LogP contribution >= 0.6 is 11.6 Å². The second-order valence-electron chi connectivity index (χ2n) is 5.53. The van der Waals surface area contributed by atoms with Gasteiger partial charge >= 0.3 is 0 Å². The zero-order valence-electron chi connectivity index (χ0n) is 12.5. The number of rotatable bonds is 5. The first-order chi connectivity index (χ1) is 9.21. The van der Waals surface area contributed by atoms with Crippen LogP contribution in [0.1, 0.15) is 33.5 Å². The Hall–Kier alpha value is -1.40. The maximum absolute atomic E-state index is 12.0. The number of hydrogen-bond donors (Lipinski definition) is 2. The molecule has 1 amide bonds. The van der Waals surface area contributed by atoms with Crippen molar-refractivity contribution in [2.75, 3.05) is 12.4 Å². The predicted octanol–water partition coefficient (Wildman–Crippen LogP) is 1.99. The summed E-state index contributed by atoms with van der Waals surface area (Å²) in [5.74, 6) is 0.847. The maximum Gasteiger partial charge on any atom is 0.242 e. The van der Waals surface area contributed by atoms with Crippen molar-refractivity contribution in [2.45, 2.75) is 45.9 Å². The molecule has 0 spiro atoms. The van der Waals surface area contributed by atoms with Crippen LogP contribution in [0.15, 0.2) is 6.07 Å². The summed E-state index contributed by atoms with van der Waals surface area (Å²) < 4.78 is 4.97. The van der Waals surface area contributed by atoms with Crippen molar-refractivity contribution in [2.24, 2.45) is 0 Å². The lowest BCUT2D eigenvalue weighted by molar-refractivity contribution is -0.122. The van der Waals surface area contributed by atoms with Gasteiger partial charge in [0.15, 0.2) is 5.82 Å². The van der Waals surface area contributed by atoms with Gasteiger partial charge in [-0.2, -0.15) is 0 Å². The van der Waals surface area contributed by atoms with Gasteiger partial charge in [0, 0.05) is 18.7 Å². The van der Waals surface area contributed by atoms with Crippen LogP contribution in [-0.4, -0.2) is 34.6 Å². The number of nitrogens with zero attached hydrogens (tertiary/aromatic N) is 2. The second-order valence-corrected chi connectivity index (χ2v) is 5.92.